The number of hydrogen-bond acceptors (Lipinski definition) is 3. The fourth-order valence-corrected chi connectivity index (χ4v) is 3.35. The highest BCUT2D eigenvalue weighted by atomic mass is 16.1. The molecule has 3 aromatic heterocycles. The molecule has 1 aromatic carbocycles. The summed E-state index contributed by atoms with van der Waals surface area (Å²) < 4.78 is 2.06. The number of nitrogens with one attached hydrogen (secondary N) is 1. The van der Waals surface area contributed by atoms with Crippen LogP contribution >= 0.6 is 0 Å². The molecular weight excluding hydrogens is 336 g/mol. The van der Waals surface area contributed by atoms with Crippen LogP contribution in [-0.2, 0) is 24.8 Å². The molecule has 1 N–H and O–H groups in total. The Morgan fingerprint density at radius 2 is 1.81 bits per heavy atom. The minimum absolute atomic E-state index is 0.00381. The van der Waals surface area contributed by atoms with Crippen LogP contribution in [-0.4, -0.2) is 20.4 Å². The number of para-hydroxylation sites is 1. The van der Waals surface area contributed by atoms with Gasteiger partial charge in [-0.2, -0.15) is 0 Å². The summed E-state index contributed by atoms with van der Waals surface area (Å²) in [7, 11) is 2.00. The van der Waals surface area contributed by atoms with Crippen LogP contribution in [0.15, 0.2) is 73.3 Å². The lowest BCUT2D eigenvalue weighted by Crippen LogP contribution is -2.24. The first-order valence-corrected chi connectivity index (χ1v) is 8.86. The normalized spacial score (nSPS) is 10.9. The largest absolute Gasteiger partial charge is 0.352 e. The number of benzene rings is 1. The summed E-state index contributed by atoms with van der Waals surface area (Å²) in [4.78, 5) is 21.1. The van der Waals surface area contributed by atoms with E-state index in [4.69, 9.17) is 0 Å². The molecule has 0 aliphatic rings. The van der Waals surface area contributed by atoms with Crippen LogP contribution in [0.4, 0.5) is 0 Å². The average molecular weight is 356 g/mol. The summed E-state index contributed by atoms with van der Waals surface area (Å²) in [5, 5.41) is 4.15. The van der Waals surface area contributed by atoms with Gasteiger partial charge < -0.3 is 9.88 Å². The maximum Gasteiger partial charge on any atom is 0.224 e. The molecule has 0 saturated heterocycles. The first-order chi connectivity index (χ1) is 13.2. The SMILES string of the molecule is Cn1cc(CC(=O)NCc2cccnc2-c2ccncc2)c2ccccc21. The van der Waals surface area contributed by atoms with Crippen LogP contribution in [0, 0.1) is 0 Å². The number of rotatable bonds is 5. The predicted octanol–water partition coefficient (Wildman–Crippen LogP) is 3.49. The number of nitrogens with zero attached hydrogens (tertiary/aromatic N) is 3. The molecule has 3 heterocycles. The zero-order valence-corrected chi connectivity index (χ0v) is 15.1. The molecule has 0 bridgehead atoms. The zero-order chi connectivity index (χ0) is 18.6. The molecule has 0 spiro atoms. The van der Waals surface area contributed by atoms with E-state index in [0.29, 0.717) is 13.0 Å². The van der Waals surface area contributed by atoms with Gasteiger partial charge in [0, 0.05) is 54.8 Å². The molecule has 1 amide bonds. The highest BCUT2D eigenvalue weighted by molar-refractivity contribution is 5.89. The second kappa shape index (κ2) is 7.41. The van der Waals surface area contributed by atoms with Crippen molar-refractivity contribution in [3.8, 4) is 11.3 Å². The third-order valence-electron chi connectivity index (χ3n) is 4.65. The Labute approximate surface area is 157 Å². The second-order valence-corrected chi connectivity index (χ2v) is 6.48. The molecule has 0 atom stereocenters. The van der Waals surface area contributed by atoms with Gasteiger partial charge >= 0.3 is 0 Å². The van der Waals surface area contributed by atoms with Gasteiger partial charge in [-0.1, -0.05) is 24.3 Å². The van der Waals surface area contributed by atoms with Crippen molar-refractivity contribution < 1.29 is 4.79 Å². The molecule has 5 heteroatoms. The van der Waals surface area contributed by atoms with Crippen LogP contribution in [0.3, 0.4) is 0 Å². The molecule has 134 valence electrons. The van der Waals surface area contributed by atoms with Crippen molar-refractivity contribution in [1.29, 1.82) is 0 Å². The lowest BCUT2D eigenvalue weighted by atomic mass is 10.1. The summed E-state index contributed by atoms with van der Waals surface area (Å²) in [6, 6.07) is 15.8. The van der Waals surface area contributed by atoms with Gasteiger partial charge in [-0.3, -0.25) is 14.8 Å². The highest BCUT2D eigenvalue weighted by Crippen LogP contribution is 2.22. The van der Waals surface area contributed by atoms with E-state index in [1.165, 1.54) is 0 Å². The lowest BCUT2D eigenvalue weighted by molar-refractivity contribution is -0.120. The maximum absolute atomic E-state index is 12.5. The minimum Gasteiger partial charge on any atom is -0.352 e. The van der Waals surface area contributed by atoms with E-state index < -0.39 is 0 Å². The second-order valence-electron chi connectivity index (χ2n) is 6.48. The quantitative estimate of drug-likeness (QED) is 0.595. The van der Waals surface area contributed by atoms with Crippen molar-refractivity contribution in [2.45, 2.75) is 13.0 Å². The Bertz CT molecular complexity index is 1090. The fourth-order valence-electron chi connectivity index (χ4n) is 3.35. The van der Waals surface area contributed by atoms with Gasteiger partial charge in [0.2, 0.25) is 5.91 Å². The number of aromatic nitrogens is 3. The highest BCUT2D eigenvalue weighted by Gasteiger charge is 2.12. The van der Waals surface area contributed by atoms with Crippen molar-refractivity contribution in [2.24, 2.45) is 7.05 Å². The first-order valence-electron chi connectivity index (χ1n) is 8.86. The molecule has 0 saturated carbocycles. The number of pyridine rings is 2. The van der Waals surface area contributed by atoms with E-state index in [2.05, 4.69) is 32.0 Å². The lowest BCUT2D eigenvalue weighted by Gasteiger charge is -2.10. The number of fused-ring (bicyclic) bond motifs is 1. The zero-order valence-electron chi connectivity index (χ0n) is 15.1. The summed E-state index contributed by atoms with van der Waals surface area (Å²) in [5.41, 5.74) is 5.00. The van der Waals surface area contributed by atoms with E-state index in [9.17, 15) is 4.79 Å². The summed E-state index contributed by atoms with van der Waals surface area (Å²) in [6.07, 6.45) is 7.62. The van der Waals surface area contributed by atoms with Crippen molar-refractivity contribution in [1.82, 2.24) is 19.9 Å². The number of amides is 1. The summed E-state index contributed by atoms with van der Waals surface area (Å²) in [5.74, 6) is -0.00381. The Morgan fingerprint density at radius 3 is 2.67 bits per heavy atom. The van der Waals surface area contributed by atoms with Crippen LogP contribution < -0.4 is 5.32 Å². The molecule has 0 aliphatic carbocycles. The van der Waals surface area contributed by atoms with Crippen LogP contribution in [0.2, 0.25) is 0 Å². The fraction of sp³-hybridized carbons (Fsp3) is 0.136. The van der Waals surface area contributed by atoms with Gasteiger partial charge in [0.05, 0.1) is 12.1 Å². The molecule has 27 heavy (non-hydrogen) atoms. The van der Waals surface area contributed by atoms with Crippen LogP contribution in [0.1, 0.15) is 11.1 Å². The molecule has 0 aliphatic heterocycles. The van der Waals surface area contributed by atoms with Crippen molar-refractivity contribution >= 4 is 16.8 Å². The molecule has 0 unspecified atom stereocenters. The smallest absolute Gasteiger partial charge is 0.224 e. The van der Waals surface area contributed by atoms with Gasteiger partial charge in [0.1, 0.15) is 0 Å². The van der Waals surface area contributed by atoms with Gasteiger partial charge in [-0.15, -0.1) is 0 Å². The summed E-state index contributed by atoms with van der Waals surface area (Å²) in [6.45, 7) is 0.440. The number of aryl methyl sites for hydroxylation is 1. The van der Waals surface area contributed by atoms with E-state index in [1.54, 1.807) is 18.6 Å². The number of hydrogen-bond donors (Lipinski definition) is 1. The Kier molecular flexibility index (Phi) is 4.66. The van der Waals surface area contributed by atoms with Crippen molar-refractivity contribution in [3.63, 3.8) is 0 Å². The Balaban J connectivity index is 1.49. The van der Waals surface area contributed by atoms with Crippen LogP contribution in [0.5, 0.6) is 0 Å². The number of carbonyl (C=O) groups excluding carboxylic acids is 1. The molecule has 0 fully saturated rings. The van der Waals surface area contributed by atoms with Gasteiger partial charge in [0.25, 0.3) is 0 Å². The van der Waals surface area contributed by atoms with Crippen molar-refractivity contribution in [3.05, 3.63) is 84.4 Å². The topological polar surface area (TPSA) is 59.8 Å². The van der Waals surface area contributed by atoms with Gasteiger partial charge in [0.15, 0.2) is 0 Å². The third-order valence-corrected chi connectivity index (χ3v) is 4.65. The molecule has 4 rings (SSSR count). The van der Waals surface area contributed by atoms with E-state index >= 15 is 0 Å². The predicted molar refractivity (Wildman–Crippen MR) is 106 cm³/mol. The van der Waals surface area contributed by atoms with Crippen LogP contribution in [0.25, 0.3) is 22.2 Å². The molecule has 5 nitrogen and oxygen atoms in total. The summed E-state index contributed by atoms with van der Waals surface area (Å²) >= 11 is 0. The molecule has 4 aromatic rings. The average Bonchev–Trinajstić information content (AvgIpc) is 3.03. The Morgan fingerprint density at radius 1 is 1.00 bits per heavy atom. The van der Waals surface area contributed by atoms with E-state index in [-0.39, 0.29) is 5.91 Å². The number of carbonyl (C=O) groups is 1. The third kappa shape index (κ3) is 3.58. The van der Waals surface area contributed by atoms with Crippen molar-refractivity contribution in [2.75, 3.05) is 0 Å². The maximum atomic E-state index is 12.5. The standard InChI is InChI=1S/C22H20N4O/c1-26-15-18(19-6-2-3-7-20(19)26)13-21(27)25-14-17-5-4-10-24-22(17)16-8-11-23-12-9-16/h2-12,15H,13-14H2,1H3,(H,25,27). The van der Waals surface area contributed by atoms with Gasteiger partial charge in [-0.25, -0.2) is 0 Å². The van der Waals surface area contributed by atoms with Gasteiger partial charge in [-0.05, 0) is 35.4 Å². The minimum atomic E-state index is -0.00381. The Hall–Kier alpha value is -3.47. The van der Waals surface area contributed by atoms with E-state index in [1.807, 2.05) is 49.6 Å². The van der Waals surface area contributed by atoms with E-state index in [0.717, 1.165) is 33.3 Å². The molecule has 0 radical (unpaired) electrons. The first kappa shape index (κ1) is 17.0. The molecular formula is C22H20N4O. The monoisotopic (exact) mass is 356 g/mol.